The first-order valence-corrected chi connectivity index (χ1v) is 8.57. The van der Waals surface area contributed by atoms with Gasteiger partial charge in [0.05, 0.1) is 26.1 Å². The first-order chi connectivity index (χ1) is 10.1. The lowest BCUT2D eigenvalue weighted by Gasteiger charge is -2.23. The number of benzene rings is 1. The molecule has 0 spiro atoms. The third-order valence-electron chi connectivity index (χ3n) is 2.68. The normalized spacial score (nSPS) is 14.0. The lowest BCUT2D eigenvalue weighted by atomic mass is 10.1. The standard InChI is InChI=1S/C15H23O5P/c1-4-18-12-14(21(17,19-5-2)20-6-3)15(16)13-10-8-7-9-11-13/h7-12,15-16H,4-6H2,1-3H3/b14-12+. The van der Waals surface area contributed by atoms with Crippen molar-refractivity contribution in [1.29, 1.82) is 0 Å². The van der Waals surface area contributed by atoms with Gasteiger partial charge in [-0.2, -0.15) is 0 Å². The smallest absolute Gasteiger partial charge is 0.363 e. The summed E-state index contributed by atoms with van der Waals surface area (Å²) in [5.74, 6) is 0. The van der Waals surface area contributed by atoms with Crippen molar-refractivity contribution < 1.29 is 23.5 Å². The van der Waals surface area contributed by atoms with Crippen LogP contribution in [0.5, 0.6) is 0 Å². The molecule has 0 radical (unpaired) electrons. The third kappa shape index (κ3) is 4.97. The van der Waals surface area contributed by atoms with Gasteiger partial charge in [-0.25, -0.2) is 0 Å². The van der Waals surface area contributed by atoms with Crippen LogP contribution in [0.1, 0.15) is 32.4 Å². The molecule has 0 aromatic heterocycles. The number of aliphatic hydroxyl groups is 1. The summed E-state index contributed by atoms with van der Waals surface area (Å²) in [5.41, 5.74) is 0.600. The zero-order valence-electron chi connectivity index (χ0n) is 12.7. The second-order valence-corrected chi connectivity index (χ2v) is 6.17. The molecule has 0 aliphatic rings. The minimum Gasteiger partial charge on any atom is -0.501 e. The molecule has 0 fully saturated rings. The molecule has 5 nitrogen and oxygen atoms in total. The molecule has 1 unspecified atom stereocenters. The average Bonchev–Trinajstić information content (AvgIpc) is 2.48. The Balaban J connectivity index is 3.18. The fourth-order valence-corrected chi connectivity index (χ4v) is 3.48. The summed E-state index contributed by atoms with van der Waals surface area (Å²) in [6, 6.07) is 8.92. The first kappa shape index (κ1) is 17.9. The van der Waals surface area contributed by atoms with Gasteiger partial charge in [0.15, 0.2) is 0 Å². The Morgan fingerprint density at radius 1 is 1.14 bits per heavy atom. The van der Waals surface area contributed by atoms with Crippen molar-refractivity contribution >= 4 is 7.60 Å². The molecule has 0 saturated carbocycles. The molecule has 21 heavy (non-hydrogen) atoms. The van der Waals surface area contributed by atoms with E-state index in [9.17, 15) is 9.67 Å². The van der Waals surface area contributed by atoms with Crippen molar-refractivity contribution in [3.63, 3.8) is 0 Å². The minimum absolute atomic E-state index is 0.110. The quantitative estimate of drug-likeness (QED) is 0.554. The van der Waals surface area contributed by atoms with Gasteiger partial charge >= 0.3 is 7.60 Å². The van der Waals surface area contributed by atoms with Gasteiger partial charge in [0, 0.05) is 0 Å². The van der Waals surface area contributed by atoms with Crippen LogP contribution in [0.25, 0.3) is 0 Å². The molecule has 1 rings (SSSR count). The molecule has 1 aromatic rings. The molecule has 1 atom stereocenters. The summed E-state index contributed by atoms with van der Waals surface area (Å²) in [4.78, 5) is 0. The second kappa shape index (κ2) is 9.00. The fraction of sp³-hybridized carbons (Fsp3) is 0.467. The highest BCUT2D eigenvalue weighted by Crippen LogP contribution is 2.59. The summed E-state index contributed by atoms with van der Waals surface area (Å²) in [7, 11) is -3.59. The summed E-state index contributed by atoms with van der Waals surface area (Å²) in [6.45, 7) is 6.06. The van der Waals surface area contributed by atoms with Gasteiger partial charge in [-0.15, -0.1) is 0 Å². The van der Waals surface area contributed by atoms with Gasteiger partial charge < -0.3 is 18.9 Å². The van der Waals surface area contributed by atoms with Crippen LogP contribution in [0.15, 0.2) is 41.9 Å². The van der Waals surface area contributed by atoms with Crippen molar-refractivity contribution in [2.45, 2.75) is 26.9 Å². The van der Waals surface area contributed by atoms with E-state index in [4.69, 9.17) is 13.8 Å². The van der Waals surface area contributed by atoms with Crippen molar-refractivity contribution in [3.05, 3.63) is 47.5 Å². The van der Waals surface area contributed by atoms with E-state index in [-0.39, 0.29) is 18.5 Å². The van der Waals surface area contributed by atoms with E-state index in [1.165, 1.54) is 6.26 Å². The number of hydrogen-bond donors (Lipinski definition) is 1. The van der Waals surface area contributed by atoms with Crippen molar-refractivity contribution in [2.24, 2.45) is 0 Å². The molecule has 6 heteroatoms. The predicted octanol–water partition coefficient (Wildman–Crippen LogP) is 3.86. The fourth-order valence-electron chi connectivity index (χ4n) is 1.78. The Morgan fingerprint density at radius 3 is 2.19 bits per heavy atom. The third-order valence-corrected chi connectivity index (χ3v) is 4.86. The van der Waals surface area contributed by atoms with Crippen molar-refractivity contribution in [3.8, 4) is 0 Å². The molecule has 0 bridgehead atoms. The van der Waals surface area contributed by atoms with Gasteiger partial charge in [0.25, 0.3) is 0 Å². The molecule has 118 valence electrons. The van der Waals surface area contributed by atoms with Gasteiger partial charge in [0.1, 0.15) is 11.4 Å². The van der Waals surface area contributed by atoms with Crippen LogP contribution in [0, 0.1) is 0 Å². The molecule has 1 aromatic carbocycles. The lowest BCUT2D eigenvalue weighted by molar-refractivity contribution is 0.182. The number of ether oxygens (including phenoxy) is 1. The first-order valence-electron chi connectivity index (χ1n) is 7.03. The summed E-state index contributed by atoms with van der Waals surface area (Å²) in [5, 5.41) is 10.6. The van der Waals surface area contributed by atoms with Crippen LogP contribution < -0.4 is 0 Å². The Bertz CT molecular complexity index is 476. The lowest BCUT2D eigenvalue weighted by Crippen LogP contribution is -2.08. The Labute approximate surface area is 126 Å². The molecule has 0 heterocycles. The molecule has 0 aliphatic carbocycles. The highest BCUT2D eigenvalue weighted by atomic mass is 31.2. The van der Waals surface area contributed by atoms with Crippen molar-refractivity contribution in [2.75, 3.05) is 19.8 Å². The minimum atomic E-state index is -3.59. The Kier molecular flexibility index (Phi) is 7.68. The largest absolute Gasteiger partial charge is 0.501 e. The van der Waals surface area contributed by atoms with E-state index in [0.29, 0.717) is 12.2 Å². The summed E-state index contributed by atoms with van der Waals surface area (Å²) in [6.07, 6.45) is 0.172. The Morgan fingerprint density at radius 2 is 1.71 bits per heavy atom. The van der Waals surface area contributed by atoms with Gasteiger partial charge in [-0.1, -0.05) is 30.3 Å². The predicted molar refractivity (Wildman–Crippen MR) is 82.0 cm³/mol. The van der Waals surface area contributed by atoms with Crippen molar-refractivity contribution in [1.82, 2.24) is 0 Å². The van der Waals surface area contributed by atoms with Gasteiger partial charge in [-0.3, -0.25) is 4.57 Å². The van der Waals surface area contributed by atoms with Crippen LogP contribution in [0.2, 0.25) is 0 Å². The van der Waals surface area contributed by atoms with E-state index in [2.05, 4.69) is 0 Å². The van der Waals surface area contributed by atoms with Crippen LogP contribution in [0.3, 0.4) is 0 Å². The molecular weight excluding hydrogens is 291 g/mol. The molecule has 1 N–H and O–H groups in total. The average molecular weight is 314 g/mol. The number of rotatable bonds is 9. The second-order valence-electron chi connectivity index (χ2n) is 4.14. The van der Waals surface area contributed by atoms with Crippen LogP contribution in [0.4, 0.5) is 0 Å². The Hall–Kier alpha value is -1.13. The molecule has 0 saturated heterocycles. The molecule has 0 aliphatic heterocycles. The molecule has 0 amide bonds. The highest BCUT2D eigenvalue weighted by molar-refractivity contribution is 7.58. The van der Waals surface area contributed by atoms with Crippen LogP contribution in [-0.4, -0.2) is 24.9 Å². The van der Waals surface area contributed by atoms with E-state index in [1.54, 1.807) is 45.0 Å². The van der Waals surface area contributed by atoms with Gasteiger partial charge in [0.2, 0.25) is 0 Å². The van der Waals surface area contributed by atoms with E-state index >= 15 is 0 Å². The van der Waals surface area contributed by atoms with Gasteiger partial charge in [-0.05, 0) is 26.3 Å². The zero-order valence-corrected chi connectivity index (χ0v) is 13.6. The number of aliphatic hydroxyl groups excluding tert-OH is 1. The van der Waals surface area contributed by atoms with Crippen LogP contribution >= 0.6 is 7.60 Å². The monoisotopic (exact) mass is 314 g/mol. The number of hydrogen-bond acceptors (Lipinski definition) is 5. The summed E-state index contributed by atoms with van der Waals surface area (Å²) < 4.78 is 28.7. The van der Waals surface area contributed by atoms with E-state index in [0.717, 1.165) is 0 Å². The van der Waals surface area contributed by atoms with Crippen LogP contribution in [-0.2, 0) is 18.3 Å². The summed E-state index contributed by atoms with van der Waals surface area (Å²) >= 11 is 0. The maximum atomic E-state index is 12.9. The SMILES string of the molecule is CCO/C=C(\C(O)c1ccccc1)P(=O)(OCC)OCC. The topological polar surface area (TPSA) is 65.0 Å². The highest BCUT2D eigenvalue weighted by Gasteiger charge is 2.35. The molecular formula is C15H23O5P. The van der Waals surface area contributed by atoms with E-state index in [1.807, 2.05) is 6.07 Å². The maximum absolute atomic E-state index is 12.9. The zero-order chi connectivity index (χ0) is 15.7. The maximum Gasteiger partial charge on any atom is 0.363 e. The van der Waals surface area contributed by atoms with E-state index < -0.39 is 13.7 Å².